The standard InChI is InChI=1S/C23H22BrFN2O4/c24-17-5-1-16(2-6-17)21(28)19-20(15-3-7-18(25)8-4-15)27(23(30)22(19)29)10-9-26-11-13-31-14-12-26/h1-8,20,28H,9-14H2/b21-19-. The summed E-state index contributed by atoms with van der Waals surface area (Å²) < 4.78 is 19.7. The first-order chi connectivity index (χ1) is 15.0. The number of amides is 1. The number of nitrogens with zero attached hydrogens (tertiary/aromatic N) is 2. The van der Waals surface area contributed by atoms with E-state index in [1.807, 2.05) is 0 Å². The molecule has 1 unspecified atom stereocenters. The first kappa shape index (κ1) is 21.7. The van der Waals surface area contributed by atoms with Crippen molar-refractivity contribution >= 4 is 33.4 Å². The van der Waals surface area contributed by atoms with Crippen LogP contribution in [0.5, 0.6) is 0 Å². The van der Waals surface area contributed by atoms with E-state index in [-0.39, 0.29) is 11.3 Å². The van der Waals surface area contributed by atoms with Crippen LogP contribution in [0.3, 0.4) is 0 Å². The number of hydrogen-bond donors (Lipinski definition) is 1. The number of carbonyl (C=O) groups excluding carboxylic acids is 2. The SMILES string of the molecule is O=C1C(=O)N(CCN2CCOCC2)C(c2ccc(F)cc2)/C1=C(/O)c1ccc(Br)cc1. The van der Waals surface area contributed by atoms with Gasteiger partial charge in [0.1, 0.15) is 11.6 Å². The molecule has 0 bridgehead atoms. The molecule has 4 rings (SSSR count). The fourth-order valence-electron chi connectivity index (χ4n) is 3.94. The maximum absolute atomic E-state index is 13.5. The fraction of sp³-hybridized carbons (Fsp3) is 0.304. The zero-order chi connectivity index (χ0) is 22.0. The number of carbonyl (C=O) groups is 2. The molecule has 2 saturated heterocycles. The molecule has 162 valence electrons. The van der Waals surface area contributed by atoms with Crippen molar-refractivity contribution in [2.45, 2.75) is 6.04 Å². The summed E-state index contributed by atoms with van der Waals surface area (Å²) >= 11 is 3.35. The molecule has 8 heteroatoms. The lowest BCUT2D eigenvalue weighted by atomic mass is 9.95. The van der Waals surface area contributed by atoms with Crippen LogP contribution in [0.15, 0.2) is 58.6 Å². The number of rotatable bonds is 5. The van der Waals surface area contributed by atoms with Gasteiger partial charge in [0.05, 0.1) is 24.8 Å². The summed E-state index contributed by atoms with van der Waals surface area (Å²) in [5, 5.41) is 11.0. The lowest BCUT2D eigenvalue weighted by molar-refractivity contribution is -0.140. The van der Waals surface area contributed by atoms with Gasteiger partial charge in [0.2, 0.25) is 0 Å². The van der Waals surface area contributed by atoms with Gasteiger partial charge in [-0.3, -0.25) is 14.5 Å². The van der Waals surface area contributed by atoms with Crippen LogP contribution in [-0.4, -0.2) is 66.0 Å². The molecule has 0 spiro atoms. The number of morpholine rings is 1. The Labute approximate surface area is 188 Å². The van der Waals surface area contributed by atoms with Crippen molar-refractivity contribution in [1.29, 1.82) is 0 Å². The molecule has 1 atom stereocenters. The third-order valence-electron chi connectivity index (χ3n) is 5.60. The smallest absolute Gasteiger partial charge is 0.295 e. The molecule has 1 amide bonds. The Hall–Kier alpha value is -2.55. The molecule has 31 heavy (non-hydrogen) atoms. The number of aliphatic hydroxyl groups is 1. The van der Waals surface area contributed by atoms with Gasteiger partial charge in [-0.25, -0.2) is 4.39 Å². The van der Waals surface area contributed by atoms with Gasteiger partial charge in [0.25, 0.3) is 11.7 Å². The van der Waals surface area contributed by atoms with E-state index >= 15 is 0 Å². The molecular formula is C23H22BrFN2O4. The van der Waals surface area contributed by atoms with Crippen molar-refractivity contribution in [3.63, 3.8) is 0 Å². The molecule has 2 aromatic carbocycles. The van der Waals surface area contributed by atoms with Crippen molar-refractivity contribution in [2.24, 2.45) is 0 Å². The summed E-state index contributed by atoms with van der Waals surface area (Å²) in [6.45, 7) is 3.65. The number of hydrogen-bond acceptors (Lipinski definition) is 5. The highest BCUT2D eigenvalue weighted by Gasteiger charge is 2.46. The van der Waals surface area contributed by atoms with E-state index in [0.717, 1.165) is 17.6 Å². The van der Waals surface area contributed by atoms with Crippen molar-refractivity contribution in [1.82, 2.24) is 9.80 Å². The normalized spacial score (nSPS) is 21.6. The van der Waals surface area contributed by atoms with Gasteiger partial charge in [0.15, 0.2) is 0 Å². The highest BCUT2D eigenvalue weighted by atomic mass is 79.9. The van der Waals surface area contributed by atoms with Crippen molar-refractivity contribution in [2.75, 3.05) is 39.4 Å². The third-order valence-corrected chi connectivity index (χ3v) is 6.13. The Morgan fingerprint density at radius 1 is 1.03 bits per heavy atom. The molecule has 2 fully saturated rings. The summed E-state index contributed by atoms with van der Waals surface area (Å²) in [6.07, 6.45) is 0. The average Bonchev–Trinajstić information content (AvgIpc) is 3.04. The molecule has 0 saturated carbocycles. The van der Waals surface area contributed by atoms with Crippen LogP contribution in [0, 0.1) is 5.82 Å². The van der Waals surface area contributed by atoms with E-state index in [9.17, 15) is 19.1 Å². The zero-order valence-electron chi connectivity index (χ0n) is 16.8. The summed E-state index contributed by atoms with van der Waals surface area (Å²) in [6, 6.07) is 11.7. The van der Waals surface area contributed by atoms with Crippen LogP contribution < -0.4 is 0 Å². The van der Waals surface area contributed by atoms with E-state index in [1.54, 1.807) is 36.4 Å². The number of aliphatic hydroxyl groups excluding tert-OH is 1. The molecule has 2 aromatic rings. The minimum absolute atomic E-state index is 0.0147. The molecule has 6 nitrogen and oxygen atoms in total. The first-order valence-corrected chi connectivity index (χ1v) is 10.8. The quantitative estimate of drug-likeness (QED) is 0.397. The highest BCUT2D eigenvalue weighted by Crippen LogP contribution is 2.39. The maximum atomic E-state index is 13.5. The van der Waals surface area contributed by atoms with Crippen LogP contribution in [-0.2, 0) is 14.3 Å². The van der Waals surface area contributed by atoms with E-state index in [0.29, 0.717) is 37.4 Å². The van der Waals surface area contributed by atoms with Gasteiger partial charge >= 0.3 is 0 Å². The number of likely N-dealkylation sites (tertiary alicyclic amines) is 1. The summed E-state index contributed by atoms with van der Waals surface area (Å²) in [4.78, 5) is 29.5. The summed E-state index contributed by atoms with van der Waals surface area (Å²) in [5.74, 6) is -2.06. The third kappa shape index (κ3) is 4.56. The fourth-order valence-corrected chi connectivity index (χ4v) is 4.20. The second-order valence-corrected chi connectivity index (χ2v) is 8.42. The van der Waals surface area contributed by atoms with Gasteiger partial charge in [-0.15, -0.1) is 0 Å². The highest BCUT2D eigenvalue weighted by molar-refractivity contribution is 9.10. The topological polar surface area (TPSA) is 70.1 Å². The monoisotopic (exact) mass is 488 g/mol. The van der Waals surface area contributed by atoms with Gasteiger partial charge in [-0.1, -0.05) is 40.2 Å². The molecule has 0 radical (unpaired) electrons. The second kappa shape index (κ2) is 9.30. The Morgan fingerprint density at radius 2 is 1.68 bits per heavy atom. The molecule has 2 aliphatic heterocycles. The van der Waals surface area contributed by atoms with Crippen molar-refractivity contribution < 1.29 is 23.8 Å². The van der Waals surface area contributed by atoms with E-state index in [4.69, 9.17) is 4.74 Å². The zero-order valence-corrected chi connectivity index (χ0v) is 18.3. The average molecular weight is 489 g/mol. The number of halogens is 2. The van der Waals surface area contributed by atoms with Crippen LogP contribution in [0.4, 0.5) is 4.39 Å². The van der Waals surface area contributed by atoms with Gasteiger partial charge in [0, 0.05) is 36.2 Å². The first-order valence-electron chi connectivity index (χ1n) is 10.1. The maximum Gasteiger partial charge on any atom is 0.295 e. The predicted molar refractivity (Wildman–Crippen MR) is 117 cm³/mol. The minimum atomic E-state index is -0.787. The Bertz CT molecular complexity index is 1000. The van der Waals surface area contributed by atoms with E-state index < -0.39 is 23.5 Å². The summed E-state index contributed by atoms with van der Waals surface area (Å²) in [5.41, 5.74) is 1.02. The lowest BCUT2D eigenvalue weighted by Crippen LogP contribution is -2.42. The summed E-state index contributed by atoms with van der Waals surface area (Å²) in [7, 11) is 0. The number of ether oxygens (including phenoxy) is 1. The number of ketones is 1. The lowest BCUT2D eigenvalue weighted by Gasteiger charge is -2.31. The number of Topliss-reactive ketones (excluding diaryl/α,β-unsaturated/α-hetero) is 1. The Balaban J connectivity index is 1.72. The number of benzene rings is 2. The van der Waals surface area contributed by atoms with Crippen molar-refractivity contribution in [3.05, 3.63) is 75.5 Å². The molecule has 2 heterocycles. The van der Waals surface area contributed by atoms with Crippen LogP contribution >= 0.6 is 15.9 Å². The molecule has 1 N–H and O–H groups in total. The Kier molecular flexibility index (Phi) is 6.50. The molecule has 0 aliphatic carbocycles. The van der Waals surface area contributed by atoms with Crippen LogP contribution in [0.25, 0.3) is 5.76 Å². The minimum Gasteiger partial charge on any atom is -0.507 e. The molecule has 0 aromatic heterocycles. The van der Waals surface area contributed by atoms with Gasteiger partial charge < -0.3 is 14.7 Å². The Morgan fingerprint density at radius 3 is 2.32 bits per heavy atom. The second-order valence-electron chi connectivity index (χ2n) is 7.50. The van der Waals surface area contributed by atoms with Crippen LogP contribution in [0.1, 0.15) is 17.2 Å². The van der Waals surface area contributed by atoms with Crippen LogP contribution in [0.2, 0.25) is 0 Å². The largest absolute Gasteiger partial charge is 0.507 e. The molecule has 2 aliphatic rings. The van der Waals surface area contributed by atoms with Gasteiger partial charge in [-0.05, 0) is 29.8 Å². The van der Waals surface area contributed by atoms with E-state index in [2.05, 4.69) is 20.8 Å². The predicted octanol–water partition coefficient (Wildman–Crippen LogP) is 3.34. The molecular weight excluding hydrogens is 467 g/mol. The van der Waals surface area contributed by atoms with Gasteiger partial charge in [-0.2, -0.15) is 0 Å². The van der Waals surface area contributed by atoms with E-state index in [1.165, 1.54) is 17.0 Å². The van der Waals surface area contributed by atoms with Crippen molar-refractivity contribution in [3.8, 4) is 0 Å².